The maximum atomic E-state index is 13.8. The number of fused-ring (bicyclic) bond motifs is 3. The molecular weight excluding hydrogens is 381 g/mol. The second kappa shape index (κ2) is 7.74. The molecule has 0 bridgehead atoms. The molecule has 30 heavy (non-hydrogen) atoms. The van der Waals surface area contributed by atoms with Crippen molar-refractivity contribution in [3.8, 4) is 0 Å². The average Bonchev–Trinajstić information content (AvgIpc) is 3.28. The van der Waals surface area contributed by atoms with Gasteiger partial charge in [0.1, 0.15) is 5.82 Å². The first kappa shape index (κ1) is 18.5. The maximum absolute atomic E-state index is 13.8. The van der Waals surface area contributed by atoms with Gasteiger partial charge < -0.3 is 14.6 Å². The fraction of sp³-hybridized carbons (Fsp3) is 0.261. The largest absolute Gasteiger partial charge is 0.354 e. The molecule has 0 spiro atoms. The van der Waals surface area contributed by atoms with Crippen molar-refractivity contribution in [1.29, 1.82) is 0 Å². The van der Waals surface area contributed by atoms with Crippen LogP contribution >= 0.6 is 0 Å². The van der Waals surface area contributed by atoms with E-state index in [1.807, 2.05) is 30.5 Å². The lowest BCUT2D eigenvalue weighted by molar-refractivity contribution is -0.125. The number of piperidine rings is 1. The minimum atomic E-state index is -0.299. The molecule has 1 aliphatic heterocycles. The Balaban J connectivity index is 1.37. The van der Waals surface area contributed by atoms with Crippen LogP contribution in [-0.2, 0) is 11.3 Å². The van der Waals surface area contributed by atoms with E-state index in [1.165, 1.54) is 6.07 Å². The lowest BCUT2D eigenvalue weighted by Gasteiger charge is -2.33. The zero-order chi connectivity index (χ0) is 20.5. The molecule has 0 saturated carbocycles. The molecule has 3 aromatic heterocycles. The molecule has 4 heterocycles. The Morgan fingerprint density at radius 1 is 1.13 bits per heavy atom. The first-order valence-corrected chi connectivity index (χ1v) is 10.2. The third-order valence-electron chi connectivity index (χ3n) is 5.72. The van der Waals surface area contributed by atoms with Crippen LogP contribution in [0.4, 0.5) is 10.2 Å². The predicted molar refractivity (Wildman–Crippen MR) is 114 cm³/mol. The Labute approximate surface area is 173 Å². The molecule has 1 amide bonds. The number of carbonyl (C=O) groups excluding carboxylic acids is 1. The zero-order valence-electron chi connectivity index (χ0n) is 16.5. The number of nitrogens with one attached hydrogen (secondary N) is 1. The Morgan fingerprint density at radius 3 is 2.90 bits per heavy atom. The quantitative estimate of drug-likeness (QED) is 0.566. The van der Waals surface area contributed by atoms with Crippen LogP contribution in [0, 0.1) is 11.7 Å². The number of aromatic nitrogens is 3. The standard InChI is InChI=1S/C23H22FN5O/c24-18-8-2-1-6-16(18)14-26-23(30)17-7-4-12-28(15-17)22-20-10-5-13-29(20)19-9-3-11-25-21(19)27-22/h1-3,5-6,8-11,13,17H,4,7,12,14-15H2,(H,26,30)/t17-/m0/s1. The molecule has 1 fully saturated rings. The highest BCUT2D eigenvalue weighted by Crippen LogP contribution is 2.28. The number of carbonyl (C=O) groups is 1. The molecule has 5 rings (SSSR count). The highest BCUT2D eigenvalue weighted by atomic mass is 19.1. The van der Waals surface area contributed by atoms with Gasteiger partial charge in [0.25, 0.3) is 0 Å². The van der Waals surface area contributed by atoms with Gasteiger partial charge in [-0.05, 0) is 43.2 Å². The molecule has 1 aliphatic rings. The molecule has 1 saturated heterocycles. The van der Waals surface area contributed by atoms with Crippen molar-refractivity contribution < 1.29 is 9.18 Å². The molecule has 0 radical (unpaired) electrons. The van der Waals surface area contributed by atoms with Crippen molar-refractivity contribution >= 4 is 28.4 Å². The first-order valence-electron chi connectivity index (χ1n) is 10.2. The Hall–Kier alpha value is -3.48. The zero-order valence-corrected chi connectivity index (χ0v) is 16.5. The van der Waals surface area contributed by atoms with Crippen LogP contribution in [0.3, 0.4) is 0 Å². The van der Waals surface area contributed by atoms with E-state index in [2.05, 4.69) is 19.6 Å². The van der Waals surface area contributed by atoms with Crippen LogP contribution in [0.25, 0.3) is 16.7 Å². The van der Waals surface area contributed by atoms with Gasteiger partial charge in [0.05, 0.1) is 17.0 Å². The van der Waals surface area contributed by atoms with Crippen molar-refractivity contribution in [2.75, 3.05) is 18.0 Å². The molecule has 4 aromatic rings. The number of amides is 1. The summed E-state index contributed by atoms with van der Waals surface area (Å²) in [5.41, 5.74) is 3.14. The fourth-order valence-corrected chi connectivity index (χ4v) is 4.18. The minimum Gasteiger partial charge on any atom is -0.354 e. The van der Waals surface area contributed by atoms with Gasteiger partial charge in [0.2, 0.25) is 5.91 Å². The maximum Gasteiger partial charge on any atom is 0.225 e. The highest BCUT2D eigenvalue weighted by molar-refractivity contribution is 5.84. The normalized spacial score (nSPS) is 16.8. The molecule has 6 nitrogen and oxygen atoms in total. The van der Waals surface area contributed by atoms with Crippen LogP contribution in [0.5, 0.6) is 0 Å². The van der Waals surface area contributed by atoms with E-state index < -0.39 is 0 Å². The summed E-state index contributed by atoms with van der Waals surface area (Å²) < 4.78 is 15.9. The summed E-state index contributed by atoms with van der Waals surface area (Å²) >= 11 is 0. The Kier molecular flexibility index (Phi) is 4.78. The second-order valence-corrected chi connectivity index (χ2v) is 7.64. The summed E-state index contributed by atoms with van der Waals surface area (Å²) in [4.78, 5) is 24.2. The van der Waals surface area contributed by atoms with Crippen LogP contribution in [0.2, 0.25) is 0 Å². The van der Waals surface area contributed by atoms with Crippen LogP contribution in [0.1, 0.15) is 18.4 Å². The second-order valence-electron chi connectivity index (χ2n) is 7.64. The Morgan fingerprint density at radius 2 is 2.00 bits per heavy atom. The summed E-state index contributed by atoms with van der Waals surface area (Å²) in [5.74, 6) is 0.333. The molecule has 0 aliphatic carbocycles. The molecule has 7 heteroatoms. The van der Waals surface area contributed by atoms with Gasteiger partial charge in [-0.3, -0.25) is 4.79 Å². The van der Waals surface area contributed by atoms with Gasteiger partial charge in [-0.25, -0.2) is 14.4 Å². The monoisotopic (exact) mass is 403 g/mol. The van der Waals surface area contributed by atoms with Gasteiger partial charge in [0.15, 0.2) is 11.5 Å². The number of pyridine rings is 1. The smallest absolute Gasteiger partial charge is 0.225 e. The molecule has 1 atom stereocenters. The number of rotatable bonds is 4. The van der Waals surface area contributed by atoms with Crippen molar-refractivity contribution in [2.24, 2.45) is 5.92 Å². The fourth-order valence-electron chi connectivity index (χ4n) is 4.18. The van der Waals surface area contributed by atoms with Gasteiger partial charge in [-0.2, -0.15) is 0 Å². The lowest BCUT2D eigenvalue weighted by atomic mass is 9.97. The molecule has 1 aromatic carbocycles. The van der Waals surface area contributed by atoms with Crippen molar-refractivity contribution in [3.63, 3.8) is 0 Å². The number of hydrogen-bond acceptors (Lipinski definition) is 4. The molecule has 1 N–H and O–H groups in total. The topological polar surface area (TPSA) is 62.5 Å². The molecule has 0 unspecified atom stereocenters. The summed E-state index contributed by atoms with van der Waals surface area (Å²) in [5, 5.41) is 2.90. The van der Waals surface area contributed by atoms with Crippen molar-refractivity contribution in [1.82, 2.24) is 19.7 Å². The summed E-state index contributed by atoms with van der Waals surface area (Å²) in [6, 6.07) is 14.5. The third-order valence-corrected chi connectivity index (χ3v) is 5.72. The third kappa shape index (κ3) is 3.36. The number of anilines is 1. The van der Waals surface area contributed by atoms with Gasteiger partial charge >= 0.3 is 0 Å². The summed E-state index contributed by atoms with van der Waals surface area (Å²) in [7, 11) is 0. The van der Waals surface area contributed by atoms with Gasteiger partial charge in [-0.15, -0.1) is 0 Å². The Bertz CT molecular complexity index is 1220. The summed E-state index contributed by atoms with van der Waals surface area (Å²) in [6.45, 7) is 1.61. The van der Waals surface area contributed by atoms with Crippen LogP contribution in [0.15, 0.2) is 60.9 Å². The van der Waals surface area contributed by atoms with E-state index in [9.17, 15) is 9.18 Å². The van der Waals surface area contributed by atoms with E-state index in [0.29, 0.717) is 17.8 Å². The van der Waals surface area contributed by atoms with Crippen LogP contribution in [-0.4, -0.2) is 33.4 Å². The van der Waals surface area contributed by atoms with Gasteiger partial charge in [-0.1, -0.05) is 18.2 Å². The number of benzene rings is 1. The minimum absolute atomic E-state index is 0.0479. The highest BCUT2D eigenvalue weighted by Gasteiger charge is 2.28. The first-order chi connectivity index (χ1) is 14.7. The van der Waals surface area contributed by atoms with E-state index in [4.69, 9.17) is 4.98 Å². The van der Waals surface area contributed by atoms with Crippen molar-refractivity contribution in [2.45, 2.75) is 19.4 Å². The lowest BCUT2D eigenvalue weighted by Crippen LogP contribution is -2.43. The SMILES string of the molecule is O=C(NCc1ccccc1F)[C@H]1CCCN(c2nc3ncccc3n3cccc23)C1. The van der Waals surface area contributed by atoms with E-state index >= 15 is 0 Å². The number of hydrogen-bond donors (Lipinski definition) is 1. The van der Waals surface area contributed by atoms with E-state index in [0.717, 1.165) is 36.2 Å². The number of halogens is 1. The van der Waals surface area contributed by atoms with E-state index in [1.54, 1.807) is 24.4 Å². The summed E-state index contributed by atoms with van der Waals surface area (Å²) in [6.07, 6.45) is 5.45. The van der Waals surface area contributed by atoms with Gasteiger partial charge in [0, 0.05) is 37.6 Å². The molecular formula is C23H22FN5O. The molecule has 152 valence electrons. The predicted octanol–water partition coefficient (Wildman–Crippen LogP) is 3.55. The van der Waals surface area contributed by atoms with E-state index in [-0.39, 0.29) is 24.2 Å². The average molecular weight is 403 g/mol. The van der Waals surface area contributed by atoms with Crippen molar-refractivity contribution in [3.05, 3.63) is 72.3 Å². The van der Waals surface area contributed by atoms with Crippen LogP contribution < -0.4 is 10.2 Å². The number of nitrogens with zero attached hydrogens (tertiary/aromatic N) is 4.